The van der Waals surface area contributed by atoms with Gasteiger partial charge in [-0.25, -0.2) is 19.6 Å². The van der Waals surface area contributed by atoms with Gasteiger partial charge in [-0.3, -0.25) is 0 Å². The first-order valence-corrected chi connectivity index (χ1v) is 14.5. The van der Waals surface area contributed by atoms with Gasteiger partial charge in [-0.1, -0.05) is 109 Å². The minimum absolute atomic E-state index is 0.211. The average molecular weight is 603 g/mol. The van der Waals surface area contributed by atoms with Crippen molar-refractivity contribution in [1.29, 1.82) is 0 Å². The molecule has 0 radical (unpaired) electrons. The molecule has 2 aromatic heterocycles. The number of benzene rings is 5. The molecular formula is C38H26N4O4. The molecule has 0 aliphatic rings. The third-order valence-corrected chi connectivity index (χ3v) is 7.77. The summed E-state index contributed by atoms with van der Waals surface area (Å²) in [5, 5.41) is 18.6. The summed E-state index contributed by atoms with van der Waals surface area (Å²) in [5.41, 5.74) is 8.95. The Morgan fingerprint density at radius 2 is 0.739 bits per heavy atom. The lowest BCUT2D eigenvalue weighted by molar-refractivity contribution is 0.0686. The van der Waals surface area contributed by atoms with E-state index in [-0.39, 0.29) is 11.1 Å². The fraction of sp³-hybridized carbons (Fsp3) is 0. The molecule has 4 N–H and O–H groups in total. The van der Waals surface area contributed by atoms with Gasteiger partial charge in [-0.05, 0) is 24.3 Å². The molecule has 0 bridgehead atoms. The van der Waals surface area contributed by atoms with E-state index in [4.69, 9.17) is 9.97 Å². The van der Waals surface area contributed by atoms with Crippen LogP contribution in [-0.4, -0.2) is 42.1 Å². The normalized spacial score (nSPS) is 11.0. The maximum Gasteiger partial charge on any atom is 0.335 e. The monoisotopic (exact) mass is 602 g/mol. The Hall–Kier alpha value is -6.54. The van der Waals surface area contributed by atoms with Crippen molar-refractivity contribution >= 4 is 11.9 Å². The largest absolute Gasteiger partial charge is 0.478 e. The number of aromatic amines is 2. The lowest BCUT2D eigenvalue weighted by Gasteiger charge is -2.06. The maximum atomic E-state index is 11.4. The van der Waals surface area contributed by atoms with Gasteiger partial charge in [0.05, 0.1) is 33.9 Å². The molecule has 0 aliphatic carbocycles. The number of nitrogens with zero attached hydrogens (tertiary/aromatic N) is 2. The average Bonchev–Trinajstić information content (AvgIpc) is 3.76. The van der Waals surface area contributed by atoms with E-state index in [1.54, 1.807) is 48.5 Å². The van der Waals surface area contributed by atoms with Crippen molar-refractivity contribution in [1.82, 2.24) is 19.9 Å². The predicted octanol–water partition coefficient (Wildman–Crippen LogP) is 8.53. The van der Waals surface area contributed by atoms with Crippen LogP contribution in [0, 0.1) is 0 Å². The number of hydrogen-bond acceptors (Lipinski definition) is 4. The molecule has 7 aromatic rings. The molecular weight excluding hydrogens is 576 g/mol. The Bertz CT molecular complexity index is 2010. The molecule has 0 fully saturated rings. The topological polar surface area (TPSA) is 132 Å². The summed E-state index contributed by atoms with van der Waals surface area (Å²) >= 11 is 0. The van der Waals surface area contributed by atoms with Crippen molar-refractivity contribution in [2.24, 2.45) is 0 Å². The summed E-state index contributed by atoms with van der Waals surface area (Å²) in [6.07, 6.45) is 0. The molecule has 2 heterocycles. The molecule has 0 amide bonds. The molecule has 222 valence electrons. The second-order valence-corrected chi connectivity index (χ2v) is 10.7. The van der Waals surface area contributed by atoms with E-state index in [2.05, 4.69) is 9.97 Å². The number of imidazole rings is 2. The Kier molecular flexibility index (Phi) is 7.28. The summed E-state index contributed by atoms with van der Waals surface area (Å²) in [4.78, 5) is 39.6. The Labute approximate surface area is 263 Å². The first-order valence-electron chi connectivity index (χ1n) is 14.5. The van der Waals surface area contributed by atoms with Crippen LogP contribution in [0.4, 0.5) is 0 Å². The quantitative estimate of drug-likeness (QED) is 0.138. The summed E-state index contributed by atoms with van der Waals surface area (Å²) in [5.74, 6) is -0.694. The molecule has 8 nitrogen and oxygen atoms in total. The summed E-state index contributed by atoms with van der Waals surface area (Å²) in [7, 11) is 0. The second kappa shape index (κ2) is 11.9. The molecule has 7 rings (SSSR count). The zero-order chi connectivity index (χ0) is 31.6. The molecule has 46 heavy (non-hydrogen) atoms. The number of carboxylic acids is 2. The highest BCUT2D eigenvalue weighted by Crippen LogP contribution is 2.37. The first kappa shape index (κ1) is 28.2. The van der Waals surface area contributed by atoms with Gasteiger partial charge >= 0.3 is 11.9 Å². The number of carboxylic acid groups (broad SMARTS) is 2. The number of nitrogens with one attached hydrogen (secondary N) is 2. The molecule has 0 unspecified atom stereocenters. The third kappa shape index (κ3) is 5.46. The lowest BCUT2D eigenvalue weighted by atomic mass is 10.0. The molecule has 0 saturated heterocycles. The van der Waals surface area contributed by atoms with Gasteiger partial charge in [0.25, 0.3) is 0 Å². The predicted molar refractivity (Wildman–Crippen MR) is 177 cm³/mol. The van der Waals surface area contributed by atoms with Crippen LogP contribution >= 0.6 is 0 Å². The summed E-state index contributed by atoms with van der Waals surface area (Å²) in [6, 6.07) is 41.2. The number of carbonyl (C=O) groups is 2. The van der Waals surface area contributed by atoms with E-state index in [1.807, 2.05) is 84.9 Å². The van der Waals surface area contributed by atoms with Gasteiger partial charge in [0, 0.05) is 33.4 Å². The van der Waals surface area contributed by atoms with Crippen LogP contribution in [0.1, 0.15) is 20.7 Å². The van der Waals surface area contributed by atoms with Crippen LogP contribution in [0.25, 0.3) is 67.8 Å². The molecule has 0 spiro atoms. The van der Waals surface area contributed by atoms with Crippen LogP contribution in [0.3, 0.4) is 0 Å². The highest BCUT2D eigenvalue weighted by molar-refractivity contribution is 5.90. The van der Waals surface area contributed by atoms with E-state index in [9.17, 15) is 19.8 Å². The minimum atomic E-state index is -0.979. The third-order valence-electron chi connectivity index (χ3n) is 7.77. The first-order chi connectivity index (χ1) is 22.4. The van der Waals surface area contributed by atoms with Crippen LogP contribution < -0.4 is 0 Å². The highest BCUT2D eigenvalue weighted by atomic mass is 16.4. The summed E-state index contributed by atoms with van der Waals surface area (Å²) < 4.78 is 0. The zero-order valence-corrected chi connectivity index (χ0v) is 24.3. The van der Waals surface area contributed by atoms with Gasteiger partial charge in [0.15, 0.2) is 0 Å². The van der Waals surface area contributed by atoms with Crippen molar-refractivity contribution in [3.63, 3.8) is 0 Å². The van der Waals surface area contributed by atoms with Crippen LogP contribution in [0.2, 0.25) is 0 Å². The van der Waals surface area contributed by atoms with E-state index < -0.39 is 11.9 Å². The SMILES string of the molecule is O=C(O)c1ccc(-c2nc(-c3ccc(-c4[nH]c(-c5ccc(C(=O)O)cc5)nc4-c4ccccc4)cc3)c(-c3ccccc3)[nH]2)cc1. The molecule has 5 aromatic carbocycles. The van der Waals surface area contributed by atoms with Crippen molar-refractivity contribution in [3.8, 4) is 67.8 Å². The number of H-pyrrole nitrogens is 2. The fourth-order valence-electron chi connectivity index (χ4n) is 5.39. The van der Waals surface area contributed by atoms with Gasteiger partial charge < -0.3 is 20.2 Å². The number of rotatable bonds is 8. The van der Waals surface area contributed by atoms with Crippen molar-refractivity contribution < 1.29 is 19.8 Å². The van der Waals surface area contributed by atoms with Crippen LogP contribution in [0.15, 0.2) is 133 Å². The molecule has 0 atom stereocenters. The number of aromatic carboxylic acids is 2. The number of aromatic nitrogens is 4. The van der Waals surface area contributed by atoms with E-state index in [0.717, 1.165) is 56.2 Å². The highest BCUT2D eigenvalue weighted by Gasteiger charge is 2.19. The van der Waals surface area contributed by atoms with Gasteiger partial charge in [-0.2, -0.15) is 0 Å². The summed E-state index contributed by atoms with van der Waals surface area (Å²) in [6.45, 7) is 0. The Morgan fingerprint density at radius 3 is 1.15 bits per heavy atom. The molecule has 0 saturated carbocycles. The maximum absolute atomic E-state index is 11.4. The molecule has 0 aliphatic heterocycles. The van der Waals surface area contributed by atoms with Gasteiger partial charge in [-0.15, -0.1) is 0 Å². The molecule has 8 heteroatoms. The van der Waals surface area contributed by atoms with Crippen LogP contribution in [-0.2, 0) is 0 Å². The van der Waals surface area contributed by atoms with E-state index >= 15 is 0 Å². The van der Waals surface area contributed by atoms with Crippen molar-refractivity contribution in [2.75, 3.05) is 0 Å². The van der Waals surface area contributed by atoms with E-state index in [1.165, 1.54) is 0 Å². The Morgan fingerprint density at radius 1 is 0.413 bits per heavy atom. The fourth-order valence-corrected chi connectivity index (χ4v) is 5.39. The standard InChI is InChI=1S/C38H26N4O4/c43-37(44)29-19-15-27(16-20-29)35-39-31(23-7-3-1-4-8-23)33(41-35)25-11-13-26(14-12-25)34-32(24-9-5-2-6-10-24)40-36(42-34)28-17-21-30(22-18-28)38(45)46/h1-22H,(H,39,41)(H,40,42)(H,43,44)(H,45,46). The zero-order valence-electron chi connectivity index (χ0n) is 24.3. The van der Waals surface area contributed by atoms with Gasteiger partial charge in [0.2, 0.25) is 0 Å². The Balaban J connectivity index is 1.29. The van der Waals surface area contributed by atoms with Gasteiger partial charge in [0.1, 0.15) is 11.6 Å². The lowest BCUT2D eigenvalue weighted by Crippen LogP contribution is -1.95. The van der Waals surface area contributed by atoms with E-state index in [0.29, 0.717) is 11.6 Å². The van der Waals surface area contributed by atoms with Crippen molar-refractivity contribution in [2.45, 2.75) is 0 Å². The minimum Gasteiger partial charge on any atom is -0.478 e. The smallest absolute Gasteiger partial charge is 0.335 e. The van der Waals surface area contributed by atoms with Crippen LogP contribution in [0.5, 0.6) is 0 Å². The van der Waals surface area contributed by atoms with Crippen molar-refractivity contribution in [3.05, 3.63) is 145 Å². The second-order valence-electron chi connectivity index (χ2n) is 10.7. The number of hydrogen-bond donors (Lipinski definition) is 4.